The van der Waals surface area contributed by atoms with Gasteiger partial charge < -0.3 is 44.4 Å². The van der Waals surface area contributed by atoms with Crippen LogP contribution in [-0.4, -0.2) is 77.0 Å². The van der Waals surface area contributed by atoms with Crippen LogP contribution in [0, 0.1) is 0 Å². The molecule has 12 heteroatoms. The lowest BCUT2D eigenvalue weighted by atomic mass is 9.93. The molecule has 0 radical (unpaired) electrons. The molecule has 4 aromatic carbocycles. The fraction of sp³-hybridized carbons (Fsp3) is 0.562. The maximum absolute atomic E-state index is 12.9. The van der Waals surface area contributed by atoms with Crippen LogP contribution in [0.15, 0.2) is 36.4 Å². The maximum atomic E-state index is 12.9. The maximum Gasteiger partial charge on any atom is 0.257 e. The van der Waals surface area contributed by atoms with Crippen LogP contribution in [0.2, 0.25) is 0 Å². The van der Waals surface area contributed by atoms with Gasteiger partial charge in [0.15, 0.2) is 54.3 Å². The Morgan fingerprint density at radius 1 is 0.350 bits per heavy atom. The number of hydrogen-bond acceptors (Lipinski definition) is 9. The summed E-state index contributed by atoms with van der Waals surface area (Å²) in [6, 6.07) is 11.6. The minimum Gasteiger partial charge on any atom is -0.490 e. The second-order valence-corrected chi connectivity index (χ2v) is 15.1. The van der Waals surface area contributed by atoms with Crippen molar-refractivity contribution in [1.29, 1.82) is 0 Å². The van der Waals surface area contributed by atoms with E-state index in [1.165, 1.54) is 0 Å². The normalized spacial score (nSPS) is 11.1. The van der Waals surface area contributed by atoms with E-state index in [0.29, 0.717) is 74.0 Å². The molecule has 3 N–H and O–H groups in total. The number of hydrogen-bond donors (Lipinski definition) is 3. The molecule has 12 nitrogen and oxygen atoms in total. The van der Waals surface area contributed by atoms with E-state index in [1.54, 1.807) is 0 Å². The third kappa shape index (κ3) is 14.3. The smallest absolute Gasteiger partial charge is 0.257 e. The van der Waals surface area contributed by atoms with Gasteiger partial charge in [0.25, 0.3) is 17.7 Å². The minimum atomic E-state index is -0.213. The van der Waals surface area contributed by atoms with Crippen molar-refractivity contribution < 1.29 is 42.8 Å². The summed E-state index contributed by atoms with van der Waals surface area (Å²) in [5, 5.41) is 13.8. The van der Waals surface area contributed by atoms with E-state index >= 15 is 0 Å². The average Bonchev–Trinajstić information content (AvgIpc) is 3.24. The third-order valence-corrected chi connectivity index (χ3v) is 10.0. The standard InChI is InChI=1S/C48H69N3O9/c1-7-13-19-49-46(52)31-58-43-28-37-34(25-40(43)55-22-16-10-4)38-29-44(59-32-47(53)50-20-14-8-2)42(57-24-18-12-6)27-36(38)39-30-45(60-33-48(54)51-21-15-9-3)41(26-35(37)39)56-23-17-11-5/h25-30H,7-24,31-33H2,1-6H3,(H,49,52)(H,50,53)(H,51,54). The molecule has 0 aliphatic rings. The molecule has 0 fully saturated rings. The SMILES string of the molecule is CCCCNC(=O)COc1cc2c(cc1OCCCC)c1cc(OCC(=O)NCCCC)c(OCCCC)cc1c1cc(OCC(=O)NCCCC)c(OCCCC)cc21. The lowest BCUT2D eigenvalue weighted by molar-refractivity contribution is -0.123. The summed E-state index contributed by atoms with van der Waals surface area (Å²) in [6.07, 6.45) is 10.9. The topological polar surface area (TPSA) is 143 Å². The Bertz CT molecular complexity index is 1730. The number of unbranched alkanes of at least 4 members (excludes halogenated alkanes) is 6. The molecule has 0 atom stereocenters. The van der Waals surface area contributed by atoms with E-state index in [1.807, 2.05) is 36.4 Å². The molecule has 4 aromatic rings. The molecular formula is C48H69N3O9. The quantitative estimate of drug-likeness (QED) is 0.0346. The predicted octanol–water partition coefficient (Wildman–Crippen LogP) is 9.57. The van der Waals surface area contributed by atoms with Crippen LogP contribution in [0.25, 0.3) is 32.3 Å². The summed E-state index contributed by atoms with van der Waals surface area (Å²) in [4.78, 5) is 38.6. The second-order valence-electron chi connectivity index (χ2n) is 15.1. The monoisotopic (exact) mass is 832 g/mol. The molecule has 0 saturated carbocycles. The van der Waals surface area contributed by atoms with Gasteiger partial charge in [0, 0.05) is 19.6 Å². The van der Waals surface area contributed by atoms with Gasteiger partial charge in [-0.25, -0.2) is 0 Å². The average molecular weight is 832 g/mol. The third-order valence-electron chi connectivity index (χ3n) is 10.0. The van der Waals surface area contributed by atoms with Gasteiger partial charge in [-0.2, -0.15) is 0 Å². The van der Waals surface area contributed by atoms with Crippen molar-refractivity contribution in [2.45, 2.75) is 119 Å². The molecule has 0 aromatic heterocycles. The summed E-state index contributed by atoms with van der Waals surface area (Å²) < 4.78 is 37.8. The van der Waals surface area contributed by atoms with Crippen LogP contribution in [0.5, 0.6) is 34.5 Å². The zero-order valence-electron chi connectivity index (χ0n) is 37.0. The lowest BCUT2D eigenvalue weighted by Crippen LogP contribution is -2.29. The number of fused-ring (bicyclic) bond motifs is 6. The molecule has 0 saturated heterocycles. The first-order valence-corrected chi connectivity index (χ1v) is 22.4. The molecule has 0 aliphatic carbocycles. The van der Waals surface area contributed by atoms with Crippen molar-refractivity contribution in [3.63, 3.8) is 0 Å². The Labute approximate surface area is 356 Å². The van der Waals surface area contributed by atoms with Crippen molar-refractivity contribution in [2.75, 3.05) is 59.3 Å². The number of carbonyl (C=O) groups excluding carboxylic acids is 3. The van der Waals surface area contributed by atoms with Crippen molar-refractivity contribution in [3.8, 4) is 34.5 Å². The highest BCUT2D eigenvalue weighted by Gasteiger charge is 2.21. The van der Waals surface area contributed by atoms with Gasteiger partial charge in [0.1, 0.15) is 0 Å². The van der Waals surface area contributed by atoms with Crippen LogP contribution in [0.1, 0.15) is 119 Å². The number of amides is 3. The number of nitrogens with one attached hydrogen (secondary N) is 3. The van der Waals surface area contributed by atoms with Gasteiger partial charge in [-0.05, 0) is 107 Å². The van der Waals surface area contributed by atoms with Gasteiger partial charge in [-0.3, -0.25) is 14.4 Å². The molecular weight excluding hydrogens is 763 g/mol. The molecule has 0 spiro atoms. The highest BCUT2D eigenvalue weighted by atomic mass is 16.5. The fourth-order valence-electron chi connectivity index (χ4n) is 6.47. The molecule has 0 heterocycles. The second kappa shape index (κ2) is 26.2. The highest BCUT2D eigenvalue weighted by Crippen LogP contribution is 2.47. The Kier molecular flexibility index (Phi) is 20.7. The summed E-state index contributed by atoms with van der Waals surface area (Å²) in [7, 11) is 0. The first-order valence-electron chi connectivity index (χ1n) is 22.4. The van der Waals surface area contributed by atoms with Gasteiger partial charge >= 0.3 is 0 Å². The zero-order chi connectivity index (χ0) is 43.1. The number of ether oxygens (including phenoxy) is 6. The minimum absolute atomic E-state index is 0.175. The van der Waals surface area contributed by atoms with Crippen LogP contribution in [-0.2, 0) is 14.4 Å². The largest absolute Gasteiger partial charge is 0.490 e. The van der Waals surface area contributed by atoms with Crippen molar-refractivity contribution in [1.82, 2.24) is 16.0 Å². The fourth-order valence-corrected chi connectivity index (χ4v) is 6.47. The summed E-state index contributed by atoms with van der Waals surface area (Å²) in [5.74, 6) is 2.18. The van der Waals surface area contributed by atoms with E-state index in [2.05, 4.69) is 57.5 Å². The zero-order valence-corrected chi connectivity index (χ0v) is 37.0. The summed E-state index contributed by atoms with van der Waals surface area (Å²) >= 11 is 0. The first-order chi connectivity index (χ1) is 29.3. The van der Waals surface area contributed by atoms with E-state index in [-0.39, 0.29) is 37.5 Å². The van der Waals surface area contributed by atoms with Crippen molar-refractivity contribution in [3.05, 3.63) is 36.4 Å². The van der Waals surface area contributed by atoms with E-state index in [4.69, 9.17) is 28.4 Å². The molecule has 0 bridgehead atoms. The van der Waals surface area contributed by atoms with Crippen LogP contribution >= 0.6 is 0 Å². The van der Waals surface area contributed by atoms with Crippen LogP contribution < -0.4 is 44.4 Å². The van der Waals surface area contributed by atoms with Crippen molar-refractivity contribution in [2.24, 2.45) is 0 Å². The Hall–Kier alpha value is -5.13. The van der Waals surface area contributed by atoms with Gasteiger partial charge in [0.05, 0.1) is 19.8 Å². The predicted molar refractivity (Wildman–Crippen MR) is 240 cm³/mol. The Balaban J connectivity index is 1.99. The van der Waals surface area contributed by atoms with Crippen molar-refractivity contribution >= 4 is 50.0 Å². The van der Waals surface area contributed by atoms with Crippen LogP contribution in [0.4, 0.5) is 0 Å². The number of rotatable bonds is 30. The molecule has 3 amide bonds. The highest BCUT2D eigenvalue weighted by molar-refractivity contribution is 6.27. The number of carbonyl (C=O) groups is 3. The summed E-state index contributed by atoms with van der Waals surface area (Å²) in [5.41, 5.74) is 0. The molecule has 330 valence electrons. The van der Waals surface area contributed by atoms with E-state index in [0.717, 1.165) is 109 Å². The van der Waals surface area contributed by atoms with E-state index in [9.17, 15) is 14.4 Å². The van der Waals surface area contributed by atoms with Gasteiger partial charge in [-0.1, -0.05) is 80.1 Å². The molecule has 4 rings (SSSR count). The lowest BCUT2D eigenvalue weighted by Gasteiger charge is -2.20. The Morgan fingerprint density at radius 3 is 0.783 bits per heavy atom. The van der Waals surface area contributed by atoms with Gasteiger partial charge in [0.2, 0.25) is 0 Å². The molecule has 0 unspecified atom stereocenters. The summed E-state index contributed by atoms with van der Waals surface area (Å²) in [6.45, 7) is 15.1. The number of benzene rings is 4. The first kappa shape index (κ1) is 47.5. The Morgan fingerprint density at radius 2 is 0.567 bits per heavy atom. The van der Waals surface area contributed by atoms with Gasteiger partial charge in [-0.15, -0.1) is 0 Å². The molecule has 60 heavy (non-hydrogen) atoms. The van der Waals surface area contributed by atoms with Crippen LogP contribution in [0.3, 0.4) is 0 Å². The molecule has 0 aliphatic heterocycles. The van der Waals surface area contributed by atoms with E-state index < -0.39 is 0 Å².